The molecular weight excluding hydrogens is 434 g/mol. The van der Waals surface area contributed by atoms with Crippen molar-refractivity contribution < 1.29 is 9.26 Å². The number of piperidine rings is 1. The maximum absolute atomic E-state index is 5.58. The highest BCUT2D eigenvalue weighted by Crippen LogP contribution is 2.29. The summed E-state index contributed by atoms with van der Waals surface area (Å²) >= 11 is 0. The SMILES string of the molecule is COc1ccc(-c2noc(CC3CCN(CCC(c4ccccc4)c4ccccc4)CC3)n2)cc1. The van der Waals surface area contributed by atoms with E-state index in [0.29, 0.717) is 17.7 Å². The number of aromatic nitrogens is 2. The molecule has 180 valence electrons. The molecule has 1 saturated heterocycles. The number of ether oxygens (including phenoxy) is 1. The third-order valence-electron chi connectivity index (χ3n) is 7.12. The predicted molar refractivity (Wildman–Crippen MR) is 138 cm³/mol. The van der Waals surface area contributed by atoms with Crippen molar-refractivity contribution in [1.82, 2.24) is 15.0 Å². The van der Waals surface area contributed by atoms with Crippen LogP contribution in [0.5, 0.6) is 5.75 Å². The lowest BCUT2D eigenvalue weighted by Crippen LogP contribution is -2.35. The van der Waals surface area contributed by atoms with E-state index in [-0.39, 0.29) is 0 Å². The maximum Gasteiger partial charge on any atom is 0.227 e. The second kappa shape index (κ2) is 11.3. The molecule has 0 unspecified atom stereocenters. The molecule has 3 aromatic carbocycles. The van der Waals surface area contributed by atoms with Crippen LogP contribution in [-0.4, -0.2) is 41.8 Å². The molecule has 0 saturated carbocycles. The van der Waals surface area contributed by atoms with Gasteiger partial charge >= 0.3 is 0 Å². The normalized spacial score (nSPS) is 14.9. The number of rotatable bonds is 9. The fourth-order valence-corrected chi connectivity index (χ4v) is 5.06. The highest BCUT2D eigenvalue weighted by atomic mass is 16.5. The fraction of sp³-hybridized carbons (Fsp3) is 0.333. The van der Waals surface area contributed by atoms with E-state index in [1.54, 1.807) is 7.11 Å². The average molecular weight is 468 g/mol. The number of hydrogen-bond donors (Lipinski definition) is 0. The molecule has 0 radical (unpaired) electrons. The predicted octanol–water partition coefficient (Wildman–Crippen LogP) is 6.22. The van der Waals surface area contributed by atoms with Crippen molar-refractivity contribution in [3.05, 3.63) is 102 Å². The van der Waals surface area contributed by atoms with Crippen molar-refractivity contribution in [2.75, 3.05) is 26.7 Å². The van der Waals surface area contributed by atoms with Gasteiger partial charge in [-0.2, -0.15) is 4.98 Å². The first kappa shape index (κ1) is 23.3. The number of nitrogens with zero attached hydrogens (tertiary/aromatic N) is 3. The van der Waals surface area contributed by atoms with Gasteiger partial charge in [0.1, 0.15) is 5.75 Å². The van der Waals surface area contributed by atoms with Crippen LogP contribution in [0.1, 0.15) is 42.2 Å². The second-order valence-corrected chi connectivity index (χ2v) is 9.39. The molecule has 0 spiro atoms. The molecule has 5 nitrogen and oxygen atoms in total. The Labute approximate surface area is 207 Å². The Morgan fingerprint density at radius 3 is 2.11 bits per heavy atom. The zero-order valence-corrected chi connectivity index (χ0v) is 20.3. The summed E-state index contributed by atoms with van der Waals surface area (Å²) in [5.74, 6) is 3.23. The minimum Gasteiger partial charge on any atom is -0.497 e. The van der Waals surface area contributed by atoms with Crippen molar-refractivity contribution >= 4 is 0 Å². The lowest BCUT2D eigenvalue weighted by atomic mass is 9.87. The molecule has 1 aromatic heterocycles. The summed E-state index contributed by atoms with van der Waals surface area (Å²) in [6.45, 7) is 3.37. The quantitative estimate of drug-likeness (QED) is 0.292. The van der Waals surface area contributed by atoms with Gasteiger partial charge in [0.15, 0.2) is 0 Å². The first-order valence-corrected chi connectivity index (χ1v) is 12.6. The molecule has 0 atom stereocenters. The topological polar surface area (TPSA) is 51.4 Å². The van der Waals surface area contributed by atoms with Gasteiger partial charge in [0.2, 0.25) is 11.7 Å². The summed E-state index contributed by atoms with van der Waals surface area (Å²) in [7, 11) is 1.66. The van der Waals surface area contributed by atoms with E-state index in [4.69, 9.17) is 9.26 Å². The third-order valence-corrected chi connectivity index (χ3v) is 7.12. The van der Waals surface area contributed by atoms with Crippen LogP contribution in [0.4, 0.5) is 0 Å². The number of methoxy groups -OCH3 is 1. The van der Waals surface area contributed by atoms with Crippen molar-refractivity contribution in [3.63, 3.8) is 0 Å². The van der Waals surface area contributed by atoms with E-state index in [1.807, 2.05) is 24.3 Å². The monoisotopic (exact) mass is 467 g/mol. The molecular formula is C30H33N3O2. The van der Waals surface area contributed by atoms with Crippen LogP contribution in [0.3, 0.4) is 0 Å². The van der Waals surface area contributed by atoms with Crippen molar-refractivity contribution in [2.24, 2.45) is 5.92 Å². The van der Waals surface area contributed by atoms with Crippen LogP contribution in [0.25, 0.3) is 11.4 Å². The van der Waals surface area contributed by atoms with E-state index in [2.05, 4.69) is 75.7 Å². The van der Waals surface area contributed by atoms with Crippen LogP contribution < -0.4 is 4.74 Å². The number of hydrogen-bond acceptors (Lipinski definition) is 5. The first-order chi connectivity index (χ1) is 17.3. The summed E-state index contributed by atoms with van der Waals surface area (Å²) in [5, 5.41) is 4.19. The van der Waals surface area contributed by atoms with Gasteiger partial charge in [0, 0.05) is 17.9 Å². The standard InChI is InChI=1S/C30H33N3O2/c1-34-27-14-12-26(13-15-27)30-31-29(35-32-30)22-23-16-19-33(20-17-23)21-18-28(24-8-4-2-5-9-24)25-10-6-3-7-11-25/h2-15,23,28H,16-22H2,1H3. The Bertz CT molecular complexity index is 1130. The van der Waals surface area contributed by atoms with Gasteiger partial charge in [0.05, 0.1) is 7.11 Å². The van der Waals surface area contributed by atoms with Crippen molar-refractivity contribution in [3.8, 4) is 17.1 Å². The van der Waals surface area contributed by atoms with Gasteiger partial charge in [-0.15, -0.1) is 0 Å². The van der Waals surface area contributed by atoms with Crippen molar-refractivity contribution in [2.45, 2.75) is 31.6 Å². The first-order valence-electron chi connectivity index (χ1n) is 12.6. The van der Waals surface area contributed by atoms with E-state index < -0.39 is 0 Å². The largest absolute Gasteiger partial charge is 0.497 e. The van der Waals surface area contributed by atoms with Crippen LogP contribution >= 0.6 is 0 Å². The third kappa shape index (κ3) is 5.98. The van der Waals surface area contributed by atoms with Crippen LogP contribution in [0.2, 0.25) is 0 Å². The molecule has 0 amide bonds. The molecule has 5 rings (SSSR count). The molecule has 0 aliphatic carbocycles. The minimum absolute atomic E-state index is 0.435. The van der Waals surface area contributed by atoms with Gasteiger partial charge in [-0.1, -0.05) is 65.8 Å². The van der Waals surface area contributed by atoms with E-state index in [1.165, 1.54) is 24.0 Å². The Kier molecular flexibility index (Phi) is 7.54. The highest BCUT2D eigenvalue weighted by molar-refractivity contribution is 5.55. The average Bonchev–Trinajstić information content (AvgIpc) is 3.39. The summed E-state index contributed by atoms with van der Waals surface area (Å²) in [4.78, 5) is 7.26. The summed E-state index contributed by atoms with van der Waals surface area (Å²) < 4.78 is 10.8. The van der Waals surface area contributed by atoms with Crippen LogP contribution in [-0.2, 0) is 6.42 Å². The molecule has 4 aromatic rings. The smallest absolute Gasteiger partial charge is 0.227 e. The zero-order valence-electron chi connectivity index (χ0n) is 20.3. The Morgan fingerprint density at radius 1 is 0.886 bits per heavy atom. The van der Waals surface area contributed by atoms with E-state index in [9.17, 15) is 0 Å². The molecule has 5 heteroatoms. The molecule has 2 heterocycles. The molecule has 1 aliphatic rings. The summed E-state index contributed by atoms with van der Waals surface area (Å²) in [6, 6.07) is 29.6. The molecule has 0 bridgehead atoms. The Morgan fingerprint density at radius 2 is 1.51 bits per heavy atom. The number of likely N-dealkylation sites (tertiary alicyclic amines) is 1. The maximum atomic E-state index is 5.58. The summed E-state index contributed by atoms with van der Waals surface area (Å²) in [6.07, 6.45) is 4.32. The van der Waals surface area contributed by atoms with E-state index in [0.717, 1.165) is 49.7 Å². The van der Waals surface area contributed by atoms with E-state index >= 15 is 0 Å². The van der Waals surface area contributed by atoms with Gasteiger partial charge in [-0.3, -0.25) is 0 Å². The second-order valence-electron chi connectivity index (χ2n) is 9.39. The molecule has 1 aliphatic heterocycles. The lowest BCUT2D eigenvalue weighted by Gasteiger charge is -2.32. The van der Waals surface area contributed by atoms with Gasteiger partial charge in [-0.25, -0.2) is 0 Å². The Hall–Kier alpha value is -3.44. The molecule has 0 N–H and O–H groups in total. The minimum atomic E-state index is 0.435. The zero-order chi connectivity index (χ0) is 23.9. The van der Waals surface area contributed by atoms with Crippen LogP contribution in [0, 0.1) is 5.92 Å². The van der Waals surface area contributed by atoms with Gasteiger partial charge in [-0.05, 0) is 80.2 Å². The molecule has 35 heavy (non-hydrogen) atoms. The Balaban J connectivity index is 1.13. The fourth-order valence-electron chi connectivity index (χ4n) is 5.06. The van der Waals surface area contributed by atoms with Gasteiger partial charge < -0.3 is 14.2 Å². The number of benzene rings is 3. The lowest BCUT2D eigenvalue weighted by molar-refractivity contribution is 0.174. The van der Waals surface area contributed by atoms with Crippen LogP contribution in [0.15, 0.2) is 89.5 Å². The van der Waals surface area contributed by atoms with Gasteiger partial charge in [0.25, 0.3) is 0 Å². The highest BCUT2D eigenvalue weighted by Gasteiger charge is 2.23. The molecule has 1 fully saturated rings. The summed E-state index contributed by atoms with van der Waals surface area (Å²) in [5.41, 5.74) is 3.75. The van der Waals surface area contributed by atoms with Crippen molar-refractivity contribution in [1.29, 1.82) is 0 Å².